The first-order valence-corrected chi connectivity index (χ1v) is 7.70. The maximum absolute atomic E-state index is 9.19. The molecule has 0 radical (unpaired) electrons. The first-order valence-electron chi connectivity index (χ1n) is 7.70. The quantitative estimate of drug-likeness (QED) is 0.431. The van der Waals surface area contributed by atoms with E-state index in [-0.39, 0.29) is 16.9 Å². The Kier molecular flexibility index (Phi) is 4.55. The van der Waals surface area contributed by atoms with Crippen molar-refractivity contribution in [2.75, 3.05) is 0 Å². The number of allylic oxidation sites excluding steroid dienone is 4. The molecule has 2 nitrogen and oxygen atoms in total. The average molecular weight is 276 g/mol. The summed E-state index contributed by atoms with van der Waals surface area (Å²) < 4.78 is 0. The van der Waals surface area contributed by atoms with E-state index in [0.29, 0.717) is 0 Å². The fourth-order valence-electron chi connectivity index (χ4n) is 3.11. The van der Waals surface area contributed by atoms with E-state index in [1.54, 1.807) is 0 Å². The third-order valence-electron chi connectivity index (χ3n) is 5.13. The predicted molar refractivity (Wildman–Crippen MR) is 83.5 cm³/mol. The highest BCUT2D eigenvalue weighted by atomic mass is 17.1. The van der Waals surface area contributed by atoms with Crippen LogP contribution < -0.4 is 0 Å². The highest BCUT2D eigenvalue weighted by molar-refractivity contribution is 5.20. The highest BCUT2D eigenvalue weighted by Gasteiger charge is 2.35. The van der Waals surface area contributed by atoms with E-state index < -0.39 is 0 Å². The Morgan fingerprint density at radius 3 is 2.45 bits per heavy atom. The van der Waals surface area contributed by atoms with Gasteiger partial charge in [-0.2, -0.15) is 0 Å². The van der Waals surface area contributed by atoms with Crippen LogP contribution in [0.2, 0.25) is 0 Å². The minimum Gasteiger partial charge on any atom is -0.251 e. The normalized spacial score (nSPS) is 38.8. The van der Waals surface area contributed by atoms with Gasteiger partial charge in [0, 0.05) is 5.41 Å². The van der Waals surface area contributed by atoms with Crippen molar-refractivity contribution in [3.63, 3.8) is 0 Å². The molecule has 0 aromatic carbocycles. The van der Waals surface area contributed by atoms with Gasteiger partial charge in [0.1, 0.15) is 6.10 Å². The van der Waals surface area contributed by atoms with E-state index in [0.717, 1.165) is 19.3 Å². The molecule has 1 N–H and O–H groups in total. The van der Waals surface area contributed by atoms with Crippen LogP contribution in [0.1, 0.15) is 59.8 Å². The lowest BCUT2D eigenvalue weighted by atomic mass is 9.71. The molecule has 0 saturated carbocycles. The van der Waals surface area contributed by atoms with Gasteiger partial charge in [-0.15, -0.1) is 0 Å². The van der Waals surface area contributed by atoms with E-state index >= 15 is 0 Å². The molecule has 112 valence electrons. The topological polar surface area (TPSA) is 29.5 Å². The zero-order chi connectivity index (χ0) is 14.8. The van der Waals surface area contributed by atoms with Crippen LogP contribution in [0.3, 0.4) is 0 Å². The Balaban J connectivity index is 2.13. The second kappa shape index (κ2) is 5.87. The van der Waals surface area contributed by atoms with E-state index in [1.807, 2.05) is 0 Å². The summed E-state index contributed by atoms with van der Waals surface area (Å²) in [5.41, 5.74) is 2.96. The Bertz CT molecular complexity index is 446. The molecule has 2 rings (SSSR count). The third-order valence-corrected chi connectivity index (χ3v) is 5.13. The zero-order valence-corrected chi connectivity index (χ0v) is 13.3. The van der Waals surface area contributed by atoms with Gasteiger partial charge < -0.3 is 0 Å². The van der Waals surface area contributed by atoms with Crippen LogP contribution in [0, 0.1) is 10.8 Å². The molecule has 0 bridgehead atoms. The van der Waals surface area contributed by atoms with Gasteiger partial charge >= 0.3 is 0 Å². The Morgan fingerprint density at radius 2 is 1.85 bits per heavy atom. The van der Waals surface area contributed by atoms with E-state index in [1.165, 1.54) is 24.0 Å². The van der Waals surface area contributed by atoms with E-state index in [2.05, 4.69) is 52.0 Å². The van der Waals surface area contributed by atoms with Crippen molar-refractivity contribution in [1.29, 1.82) is 0 Å². The summed E-state index contributed by atoms with van der Waals surface area (Å²) in [6, 6.07) is 0. The zero-order valence-electron chi connectivity index (χ0n) is 13.3. The largest absolute Gasteiger partial charge is 0.251 e. The molecule has 0 aliphatic heterocycles. The van der Waals surface area contributed by atoms with Gasteiger partial charge in [-0.3, -0.25) is 5.26 Å². The lowest BCUT2D eigenvalue weighted by Crippen LogP contribution is -2.34. The lowest BCUT2D eigenvalue weighted by Gasteiger charge is -2.37. The molecule has 3 atom stereocenters. The Morgan fingerprint density at radius 1 is 1.15 bits per heavy atom. The fraction of sp³-hybridized carbons (Fsp3) is 0.667. The Hall–Kier alpha value is -0.860. The van der Waals surface area contributed by atoms with Crippen LogP contribution in [0.4, 0.5) is 0 Å². The molecule has 2 aliphatic carbocycles. The smallest absolute Gasteiger partial charge is 0.120 e. The molecule has 0 amide bonds. The monoisotopic (exact) mass is 276 g/mol. The second-order valence-electron chi connectivity index (χ2n) is 7.29. The lowest BCUT2D eigenvalue weighted by molar-refractivity contribution is -0.285. The van der Waals surface area contributed by atoms with Crippen LogP contribution in [-0.2, 0) is 4.89 Å². The minimum absolute atomic E-state index is 0.104. The van der Waals surface area contributed by atoms with Gasteiger partial charge in [0.15, 0.2) is 0 Å². The Labute approximate surface area is 123 Å². The van der Waals surface area contributed by atoms with Gasteiger partial charge in [-0.05, 0) is 51.4 Å². The highest BCUT2D eigenvalue weighted by Crippen LogP contribution is 2.42. The summed E-state index contributed by atoms with van der Waals surface area (Å²) in [6.07, 6.45) is 14.5. The van der Waals surface area contributed by atoms with Gasteiger partial charge in [-0.1, -0.05) is 49.3 Å². The SMILES string of the molecule is CC1=CCC(C)(C=CC2(C)CCC(C)=CC2OO)CC1. The van der Waals surface area contributed by atoms with Gasteiger partial charge in [0.25, 0.3) is 0 Å². The van der Waals surface area contributed by atoms with Crippen molar-refractivity contribution < 1.29 is 10.1 Å². The maximum Gasteiger partial charge on any atom is 0.120 e. The first-order chi connectivity index (χ1) is 9.37. The molecule has 0 saturated heterocycles. The standard InChI is InChI=1S/C18H28O2/c1-14-5-8-17(3,9-6-14)11-12-18(4)10-7-15(2)13-16(18)20-19/h5,11-13,16,19H,6-10H2,1-4H3. The molecule has 0 heterocycles. The van der Waals surface area contributed by atoms with Gasteiger partial charge in [-0.25, -0.2) is 4.89 Å². The summed E-state index contributed by atoms with van der Waals surface area (Å²) in [6.45, 7) is 8.83. The molecule has 0 aromatic rings. The fourth-order valence-corrected chi connectivity index (χ4v) is 3.11. The van der Waals surface area contributed by atoms with Crippen molar-refractivity contribution in [1.82, 2.24) is 0 Å². The average Bonchev–Trinajstić information content (AvgIpc) is 2.43. The summed E-state index contributed by atoms with van der Waals surface area (Å²) in [7, 11) is 0. The van der Waals surface area contributed by atoms with E-state index in [4.69, 9.17) is 4.89 Å². The molecule has 20 heavy (non-hydrogen) atoms. The molecular formula is C18H28O2. The van der Waals surface area contributed by atoms with Crippen molar-refractivity contribution in [2.24, 2.45) is 10.8 Å². The second-order valence-corrected chi connectivity index (χ2v) is 7.29. The number of rotatable bonds is 3. The van der Waals surface area contributed by atoms with Gasteiger partial charge in [0.05, 0.1) is 0 Å². The maximum atomic E-state index is 9.19. The predicted octanol–water partition coefficient (Wildman–Crippen LogP) is 5.28. The van der Waals surface area contributed by atoms with Crippen molar-refractivity contribution in [2.45, 2.75) is 65.9 Å². The molecule has 0 spiro atoms. The molecular weight excluding hydrogens is 248 g/mol. The molecule has 0 aromatic heterocycles. The molecule has 2 aliphatic rings. The molecule has 2 heteroatoms. The summed E-state index contributed by atoms with van der Waals surface area (Å²) in [5.74, 6) is 0. The first kappa shape index (κ1) is 15.5. The van der Waals surface area contributed by atoms with Crippen molar-refractivity contribution >= 4 is 0 Å². The van der Waals surface area contributed by atoms with Crippen molar-refractivity contribution in [3.8, 4) is 0 Å². The summed E-state index contributed by atoms with van der Waals surface area (Å²) >= 11 is 0. The molecule has 3 unspecified atom stereocenters. The van der Waals surface area contributed by atoms with Crippen molar-refractivity contribution in [3.05, 3.63) is 35.5 Å². The number of hydrogen-bond acceptors (Lipinski definition) is 2. The van der Waals surface area contributed by atoms with Crippen LogP contribution in [-0.4, -0.2) is 11.4 Å². The van der Waals surface area contributed by atoms with E-state index in [9.17, 15) is 5.26 Å². The van der Waals surface area contributed by atoms with Crippen LogP contribution in [0.15, 0.2) is 35.5 Å². The number of hydrogen-bond donors (Lipinski definition) is 1. The summed E-state index contributed by atoms with van der Waals surface area (Å²) in [4.78, 5) is 4.73. The van der Waals surface area contributed by atoms with Gasteiger partial charge in [0.2, 0.25) is 0 Å². The summed E-state index contributed by atoms with van der Waals surface area (Å²) in [5, 5.41) is 9.19. The minimum atomic E-state index is -0.225. The van der Waals surface area contributed by atoms with Crippen LogP contribution >= 0.6 is 0 Å². The van der Waals surface area contributed by atoms with Crippen LogP contribution in [0.25, 0.3) is 0 Å². The van der Waals surface area contributed by atoms with Crippen LogP contribution in [0.5, 0.6) is 0 Å². The molecule has 0 fully saturated rings. The third kappa shape index (κ3) is 3.42.